The number of thiophene rings is 1. The first-order valence-corrected chi connectivity index (χ1v) is 11.2. The zero-order valence-electron chi connectivity index (χ0n) is 16.6. The van der Waals surface area contributed by atoms with Crippen molar-refractivity contribution in [3.8, 4) is 0 Å². The summed E-state index contributed by atoms with van der Waals surface area (Å²) in [6.45, 7) is 2.30. The molecule has 0 saturated heterocycles. The number of hydrogen-bond donors (Lipinski definition) is 1. The van der Waals surface area contributed by atoms with Crippen molar-refractivity contribution in [3.63, 3.8) is 0 Å². The number of fused-ring (bicyclic) bond motifs is 1. The summed E-state index contributed by atoms with van der Waals surface area (Å²) in [7, 11) is 1.37. The molecule has 0 saturated carbocycles. The number of benzene rings is 1. The molecule has 6 nitrogen and oxygen atoms in total. The zero-order valence-corrected chi connectivity index (χ0v) is 18.3. The molecule has 1 atom stereocenters. The van der Waals surface area contributed by atoms with Crippen molar-refractivity contribution in [1.82, 2.24) is 10.2 Å². The molecule has 0 radical (unpaired) electrons. The second-order valence-electron chi connectivity index (χ2n) is 6.84. The SMILES string of the molecule is COC(=O)C1=C(C)N=C2SC=C(CC(=O)NCc3ccccc3)N2C1c1cccs1. The first-order chi connectivity index (χ1) is 14.6. The van der Waals surface area contributed by atoms with E-state index in [0.29, 0.717) is 17.8 Å². The van der Waals surface area contributed by atoms with Crippen LogP contribution >= 0.6 is 23.1 Å². The minimum atomic E-state index is -0.404. The highest BCUT2D eigenvalue weighted by molar-refractivity contribution is 8.16. The molecule has 1 aromatic carbocycles. The van der Waals surface area contributed by atoms with Crippen molar-refractivity contribution >= 4 is 40.1 Å². The molecule has 1 N–H and O–H groups in total. The van der Waals surface area contributed by atoms with E-state index in [0.717, 1.165) is 21.3 Å². The molecule has 1 amide bonds. The fraction of sp³-hybridized carbons (Fsp3) is 0.227. The topological polar surface area (TPSA) is 71.0 Å². The van der Waals surface area contributed by atoms with Crippen LogP contribution in [-0.4, -0.2) is 29.1 Å². The van der Waals surface area contributed by atoms with Crippen LogP contribution in [0.5, 0.6) is 0 Å². The first-order valence-electron chi connectivity index (χ1n) is 9.45. The standard InChI is InChI=1S/C22H21N3O3S2/c1-14-19(21(27)28-2)20(17-9-6-10-29-17)25-16(13-30-22(25)24-14)11-18(26)23-12-15-7-4-3-5-8-15/h3-10,13,20H,11-12H2,1-2H3,(H,23,26). The first kappa shape index (κ1) is 20.4. The molecule has 30 heavy (non-hydrogen) atoms. The van der Waals surface area contributed by atoms with Crippen molar-refractivity contribution in [1.29, 1.82) is 0 Å². The molecule has 154 valence electrons. The molecule has 3 heterocycles. The van der Waals surface area contributed by atoms with E-state index in [-0.39, 0.29) is 18.4 Å². The van der Waals surface area contributed by atoms with Gasteiger partial charge in [-0.05, 0) is 29.3 Å². The van der Waals surface area contributed by atoms with Gasteiger partial charge >= 0.3 is 5.97 Å². The van der Waals surface area contributed by atoms with Gasteiger partial charge in [0.2, 0.25) is 5.91 Å². The summed E-state index contributed by atoms with van der Waals surface area (Å²) in [5.41, 5.74) is 3.00. The second kappa shape index (κ2) is 8.89. The summed E-state index contributed by atoms with van der Waals surface area (Å²) in [6, 6.07) is 13.4. The predicted octanol–water partition coefficient (Wildman–Crippen LogP) is 4.20. The average molecular weight is 440 g/mol. The number of ether oxygens (including phenoxy) is 1. The molecule has 2 aliphatic heterocycles. The van der Waals surface area contributed by atoms with Gasteiger partial charge in [-0.1, -0.05) is 48.2 Å². The minimum absolute atomic E-state index is 0.0808. The molecule has 2 aliphatic rings. The monoisotopic (exact) mass is 439 g/mol. The number of amides is 1. The lowest BCUT2D eigenvalue weighted by atomic mass is 9.99. The van der Waals surface area contributed by atoms with Gasteiger partial charge in [0.15, 0.2) is 5.17 Å². The van der Waals surface area contributed by atoms with Crippen LogP contribution in [-0.2, 0) is 20.9 Å². The Morgan fingerprint density at radius 2 is 2.00 bits per heavy atom. The molecule has 0 aliphatic carbocycles. The van der Waals surface area contributed by atoms with Gasteiger partial charge < -0.3 is 15.0 Å². The Hall–Kier alpha value is -2.84. The number of rotatable bonds is 6. The highest BCUT2D eigenvalue weighted by Crippen LogP contribution is 2.45. The number of hydrogen-bond acceptors (Lipinski definition) is 7. The maximum atomic E-state index is 12.6. The third-order valence-electron chi connectivity index (χ3n) is 4.89. The highest BCUT2D eigenvalue weighted by Gasteiger charge is 2.41. The molecular weight excluding hydrogens is 418 g/mol. The molecule has 8 heteroatoms. The van der Waals surface area contributed by atoms with E-state index in [1.807, 2.05) is 65.1 Å². The fourth-order valence-electron chi connectivity index (χ4n) is 3.48. The molecule has 1 aromatic heterocycles. The normalized spacial score (nSPS) is 17.9. The van der Waals surface area contributed by atoms with Crippen LogP contribution in [0.25, 0.3) is 0 Å². The van der Waals surface area contributed by atoms with Crippen molar-refractivity contribution in [2.75, 3.05) is 7.11 Å². The van der Waals surface area contributed by atoms with Crippen molar-refractivity contribution < 1.29 is 14.3 Å². The number of thioether (sulfide) groups is 1. The summed E-state index contributed by atoms with van der Waals surface area (Å²) < 4.78 is 5.05. The minimum Gasteiger partial charge on any atom is -0.466 e. The van der Waals surface area contributed by atoms with E-state index in [9.17, 15) is 9.59 Å². The summed E-state index contributed by atoms with van der Waals surface area (Å²) in [6.07, 6.45) is 0.203. The lowest BCUT2D eigenvalue weighted by molar-refractivity contribution is -0.136. The van der Waals surface area contributed by atoms with E-state index in [4.69, 9.17) is 4.74 Å². The Kier molecular flexibility index (Phi) is 6.06. The van der Waals surface area contributed by atoms with Crippen LogP contribution < -0.4 is 5.32 Å². The quantitative estimate of drug-likeness (QED) is 0.683. The van der Waals surface area contributed by atoms with Crippen molar-refractivity contribution in [2.45, 2.75) is 25.9 Å². The number of carbonyl (C=O) groups is 2. The van der Waals surface area contributed by atoms with E-state index >= 15 is 0 Å². The summed E-state index contributed by atoms with van der Waals surface area (Å²) in [4.78, 5) is 32.8. The molecule has 0 bridgehead atoms. The van der Waals surface area contributed by atoms with E-state index in [1.165, 1.54) is 18.9 Å². The Labute approximate surface area is 183 Å². The molecule has 1 unspecified atom stereocenters. The van der Waals surface area contributed by atoms with Crippen LogP contribution in [0.4, 0.5) is 0 Å². The maximum Gasteiger partial charge on any atom is 0.338 e. The van der Waals surface area contributed by atoms with Crippen molar-refractivity contribution in [3.05, 3.63) is 80.7 Å². The summed E-state index contributed by atoms with van der Waals surface area (Å²) in [5.74, 6) is -0.485. The third-order valence-corrected chi connectivity index (χ3v) is 6.71. The fourth-order valence-corrected chi connectivity index (χ4v) is 5.27. The maximum absolute atomic E-state index is 12.6. The molecule has 0 fully saturated rings. The zero-order chi connectivity index (χ0) is 21.1. The van der Waals surface area contributed by atoms with E-state index in [1.54, 1.807) is 11.3 Å². The van der Waals surface area contributed by atoms with E-state index < -0.39 is 5.97 Å². The number of esters is 1. The van der Waals surface area contributed by atoms with Crippen LogP contribution in [0.2, 0.25) is 0 Å². The lowest BCUT2D eigenvalue weighted by Crippen LogP contribution is -2.37. The van der Waals surface area contributed by atoms with Crippen LogP contribution in [0.15, 0.2) is 75.2 Å². The lowest BCUT2D eigenvalue weighted by Gasteiger charge is -2.35. The van der Waals surface area contributed by atoms with Crippen LogP contribution in [0, 0.1) is 0 Å². The Morgan fingerprint density at radius 1 is 1.20 bits per heavy atom. The average Bonchev–Trinajstić information content (AvgIpc) is 3.42. The molecular formula is C22H21N3O3S2. The number of amidine groups is 1. The number of allylic oxidation sites excluding steroid dienone is 1. The van der Waals surface area contributed by atoms with Gasteiger partial charge in [-0.15, -0.1) is 11.3 Å². The van der Waals surface area contributed by atoms with Crippen molar-refractivity contribution in [2.24, 2.45) is 4.99 Å². The van der Waals surface area contributed by atoms with Gasteiger partial charge in [0.25, 0.3) is 0 Å². The number of carbonyl (C=O) groups excluding carboxylic acids is 2. The Balaban J connectivity index is 1.56. The molecule has 2 aromatic rings. The second-order valence-corrected chi connectivity index (χ2v) is 8.65. The molecule has 4 rings (SSSR count). The Morgan fingerprint density at radius 3 is 2.70 bits per heavy atom. The molecule has 0 spiro atoms. The van der Waals surface area contributed by atoms with E-state index in [2.05, 4.69) is 10.3 Å². The van der Waals surface area contributed by atoms with Gasteiger partial charge in [0.05, 0.1) is 24.8 Å². The number of nitrogens with zero attached hydrogens (tertiary/aromatic N) is 2. The van der Waals surface area contributed by atoms with Gasteiger partial charge in [-0.3, -0.25) is 4.79 Å². The highest BCUT2D eigenvalue weighted by atomic mass is 32.2. The third kappa shape index (κ3) is 4.06. The van der Waals surface area contributed by atoms with Gasteiger partial charge in [0, 0.05) is 17.1 Å². The number of methoxy groups -OCH3 is 1. The summed E-state index contributed by atoms with van der Waals surface area (Å²) >= 11 is 3.03. The van der Waals surface area contributed by atoms with Gasteiger partial charge in [-0.25, -0.2) is 9.79 Å². The predicted molar refractivity (Wildman–Crippen MR) is 120 cm³/mol. The summed E-state index contributed by atoms with van der Waals surface area (Å²) in [5, 5.41) is 7.65. The smallest absolute Gasteiger partial charge is 0.338 e. The number of aliphatic imine (C=N–C) groups is 1. The van der Waals surface area contributed by atoms with Gasteiger partial charge in [-0.2, -0.15) is 0 Å². The van der Waals surface area contributed by atoms with Gasteiger partial charge in [0.1, 0.15) is 6.04 Å². The largest absolute Gasteiger partial charge is 0.466 e. The van der Waals surface area contributed by atoms with Crippen LogP contribution in [0.1, 0.15) is 29.8 Å². The number of nitrogens with one attached hydrogen (secondary N) is 1. The van der Waals surface area contributed by atoms with Crippen LogP contribution in [0.3, 0.4) is 0 Å². The Bertz CT molecular complexity index is 1040.